The molecule has 11 heteroatoms. The van der Waals surface area contributed by atoms with E-state index in [1.807, 2.05) is 13.8 Å². The molecule has 0 saturated carbocycles. The second kappa shape index (κ2) is 11.0. The number of aromatic nitrogens is 3. The van der Waals surface area contributed by atoms with Crippen molar-refractivity contribution < 1.29 is 32.5 Å². The summed E-state index contributed by atoms with van der Waals surface area (Å²) in [5.74, 6) is -1.08. The van der Waals surface area contributed by atoms with Gasteiger partial charge in [0.15, 0.2) is 23.1 Å². The lowest BCUT2D eigenvalue weighted by Crippen LogP contribution is -2.25. The summed E-state index contributed by atoms with van der Waals surface area (Å²) in [6.45, 7) is 5.95. The molecule has 2 aromatic heterocycles. The zero-order valence-electron chi connectivity index (χ0n) is 20.5. The van der Waals surface area contributed by atoms with E-state index in [2.05, 4.69) is 20.3 Å². The summed E-state index contributed by atoms with van der Waals surface area (Å²) in [4.78, 5) is 12.6. The molecule has 0 radical (unpaired) electrons. The molecule has 1 aliphatic heterocycles. The van der Waals surface area contributed by atoms with Crippen molar-refractivity contribution in [1.29, 1.82) is 0 Å². The van der Waals surface area contributed by atoms with Crippen molar-refractivity contribution in [3.63, 3.8) is 0 Å². The molecule has 3 heterocycles. The maximum Gasteiger partial charge on any atom is 0.227 e. The first kappa shape index (κ1) is 25.5. The van der Waals surface area contributed by atoms with Crippen LogP contribution in [0.15, 0.2) is 36.8 Å². The van der Waals surface area contributed by atoms with Crippen LogP contribution in [0.2, 0.25) is 0 Å². The van der Waals surface area contributed by atoms with Gasteiger partial charge in [0.2, 0.25) is 11.8 Å². The highest BCUT2D eigenvalue weighted by molar-refractivity contribution is 5.52. The van der Waals surface area contributed by atoms with E-state index < -0.39 is 17.4 Å². The van der Waals surface area contributed by atoms with E-state index in [4.69, 9.17) is 23.7 Å². The third kappa shape index (κ3) is 6.16. The number of hydrogen-bond acceptors (Lipinski definition) is 9. The average molecular weight is 503 g/mol. The number of hydrogen-bond donors (Lipinski definition) is 1. The number of pyridine rings is 1. The molecule has 3 aromatic rings. The molecule has 1 fully saturated rings. The molecule has 1 aromatic carbocycles. The molecule has 36 heavy (non-hydrogen) atoms. The molecule has 0 aliphatic carbocycles. The Balaban J connectivity index is 1.31. The first-order valence-electron chi connectivity index (χ1n) is 11.4. The molecule has 0 bridgehead atoms. The Morgan fingerprint density at radius 1 is 1.08 bits per heavy atom. The van der Waals surface area contributed by atoms with Gasteiger partial charge in [-0.05, 0) is 38.0 Å². The van der Waals surface area contributed by atoms with Gasteiger partial charge >= 0.3 is 0 Å². The monoisotopic (exact) mass is 502 g/mol. The summed E-state index contributed by atoms with van der Waals surface area (Å²) in [5, 5.41) is 3.01. The van der Waals surface area contributed by atoms with Gasteiger partial charge in [0.25, 0.3) is 0 Å². The molecule has 9 nitrogen and oxygen atoms in total. The molecular formula is C25H28F2N4O5. The average Bonchev–Trinajstić information content (AvgIpc) is 3.23. The fourth-order valence-electron chi connectivity index (χ4n) is 3.56. The Morgan fingerprint density at radius 3 is 2.47 bits per heavy atom. The minimum atomic E-state index is -0.792. The second-order valence-electron chi connectivity index (χ2n) is 8.50. The maximum absolute atomic E-state index is 14.6. The maximum atomic E-state index is 14.6. The molecule has 0 spiro atoms. The summed E-state index contributed by atoms with van der Waals surface area (Å²) in [6.07, 6.45) is 4.63. The second-order valence-corrected chi connectivity index (χ2v) is 8.50. The Hall–Kier alpha value is -3.57. The van der Waals surface area contributed by atoms with E-state index in [-0.39, 0.29) is 29.8 Å². The highest BCUT2D eigenvalue weighted by Gasteiger charge is 2.33. The molecule has 1 N–H and O–H groups in total. The van der Waals surface area contributed by atoms with Gasteiger partial charge in [-0.2, -0.15) is 0 Å². The van der Waals surface area contributed by atoms with Crippen molar-refractivity contribution in [1.82, 2.24) is 15.0 Å². The van der Waals surface area contributed by atoms with Crippen LogP contribution in [-0.4, -0.2) is 47.2 Å². The van der Waals surface area contributed by atoms with E-state index in [1.54, 1.807) is 25.3 Å². The predicted octanol–water partition coefficient (Wildman–Crippen LogP) is 4.57. The number of ether oxygens (including phenoxy) is 5. The highest BCUT2D eigenvalue weighted by Crippen LogP contribution is 2.28. The van der Waals surface area contributed by atoms with E-state index in [9.17, 15) is 8.78 Å². The highest BCUT2D eigenvalue weighted by atomic mass is 19.1. The Kier molecular flexibility index (Phi) is 7.80. The van der Waals surface area contributed by atoms with Gasteiger partial charge in [-0.3, -0.25) is 0 Å². The van der Waals surface area contributed by atoms with Crippen LogP contribution in [0, 0.1) is 11.6 Å². The number of aryl methyl sites for hydroxylation is 1. The normalized spacial score (nSPS) is 16.6. The molecule has 1 saturated heterocycles. The minimum absolute atomic E-state index is 0.0301. The van der Waals surface area contributed by atoms with E-state index in [0.29, 0.717) is 42.7 Å². The van der Waals surface area contributed by atoms with Gasteiger partial charge in [0.1, 0.15) is 25.1 Å². The summed E-state index contributed by atoms with van der Waals surface area (Å²) in [6, 6.07) is 4.83. The van der Waals surface area contributed by atoms with Crippen LogP contribution >= 0.6 is 0 Å². The fourth-order valence-corrected chi connectivity index (χ4v) is 3.56. The summed E-state index contributed by atoms with van der Waals surface area (Å²) in [5.41, 5.74) is 0.778. The van der Waals surface area contributed by atoms with Gasteiger partial charge in [-0.15, -0.1) is 0 Å². The lowest BCUT2D eigenvalue weighted by atomic mass is 10.1. The van der Waals surface area contributed by atoms with Gasteiger partial charge in [0.05, 0.1) is 43.6 Å². The number of nitrogens with zero attached hydrogens (tertiary/aromatic N) is 3. The smallest absolute Gasteiger partial charge is 0.227 e. The summed E-state index contributed by atoms with van der Waals surface area (Å²) < 4.78 is 56.5. The standard InChI is InChI=1S/C25H28F2N4O5/c1-5-15-8-20(32-4)23(27)19(22(15)26)14-33-17-10-29-24(30-11-17)31-16-6-7-21(28-9-16)34-12-18-13-35-25(2,3)36-18/h6-11,18H,5,12-14H2,1-4H3,(H,29,30,31)/t18-/m1/s1. The molecule has 4 rings (SSSR count). The quantitative estimate of drug-likeness (QED) is 0.427. The van der Waals surface area contributed by atoms with Gasteiger partial charge < -0.3 is 29.0 Å². The molecule has 0 unspecified atom stereocenters. The van der Waals surface area contributed by atoms with E-state index >= 15 is 0 Å². The molecule has 1 atom stereocenters. The van der Waals surface area contributed by atoms with Crippen molar-refractivity contribution in [2.45, 2.75) is 45.7 Å². The van der Waals surface area contributed by atoms with Crippen LogP contribution in [-0.2, 0) is 22.5 Å². The number of methoxy groups -OCH3 is 1. The first-order chi connectivity index (χ1) is 17.3. The third-order valence-corrected chi connectivity index (χ3v) is 5.42. The van der Waals surface area contributed by atoms with Crippen LogP contribution in [0.5, 0.6) is 17.4 Å². The van der Waals surface area contributed by atoms with Crippen molar-refractivity contribution in [2.24, 2.45) is 0 Å². The Bertz CT molecular complexity index is 1150. The van der Waals surface area contributed by atoms with Crippen molar-refractivity contribution >= 4 is 11.6 Å². The van der Waals surface area contributed by atoms with Crippen molar-refractivity contribution in [3.8, 4) is 17.4 Å². The zero-order chi connectivity index (χ0) is 25.7. The topological polar surface area (TPSA) is 96.9 Å². The van der Waals surface area contributed by atoms with Crippen LogP contribution in [0.1, 0.15) is 31.9 Å². The minimum Gasteiger partial charge on any atom is -0.494 e. The number of rotatable bonds is 10. The van der Waals surface area contributed by atoms with Crippen molar-refractivity contribution in [2.75, 3.05) is 25.6 Å². The molecule has 192 valence electrons. The number of nitrogens with one attached hydrogen (secondary N) is 1. The van der Waals surface area contributed by atoms with Gasteiger partial charge in [-0.1, -0.05) is 6.92 Å². The fraction of sp³-hybridized carbons (Fsp3) is 0.400. The van der Waals surface area contributed by atoms with Crippen molar-refractivity contribution in [3.05, 3.63) is 59.6 Å². The zero-order valence-corrected chi connectivity index (χ0v) is 20.5. The van der Waals surface area contributed by atoms with Crippen LogP contribution in [0.25, 0.3) is 0 Å². The summed E-state index contributed by atoms with van der Waals surface area (Å²) >= 11 is 0. The number of anilines is 2. The van der Waals surface area contributed by atoms with Crippen LogP contribution in [0.3, 0.4) is 0 Å². The number of halogens is 2. The molecule has 1 aliphatic rings. The Labute approximate surface area is 207 Å². The van der Waals surface area contributed by atoms with Crippen LogP contribution < -0.4 is 19.5 Å². The largest absolute Gasteiger partial charge is 0.494 e. The Morgan fingerprint density at radius 2 is 1.86 bits per heavy atom. The third-order valence-electron chi connectivity index (χ3n) is 5.42. The van der Waals surface area contributed by atoms with Gasteiger partial charge in [-0.25, -0.2) is 23.7 Å². The predicted molar refractivity (Wildman–Crippen MR) is 127 cm³/mol. The summed E-state index contributed by atoms with van der Waals surface area (Å²) in [7, 11) is 1.33. The molecular weight excluding hydrogens is 474 g/mol. The van der Waals surface area contributed by atoms with E-state index in [1.165, 1.54) is 25.6 Å². The molecule has 0 amide bonds. The SMILES string of the molecule is CCc1cc(OC)c(F)c(COc2cnc(Nc3ccc(OC[C@@H]4COC(C)(C)O4)nc3)nc2)c1F. The lowest BCUT2D eigenvalue weighted by molar-refractivity contribution is -0.141. The van der Waals surface area contributed by atoms with Crippen LogP contribution in [0.4, 0.5) is 20.4 Å². The first-order valence-corrected chi connectivity index (χ1v) is 11.4. The lowest BCUT2D eigenvalue weighted by Gasteiger charge is -2.17. The number of benzene rings is 1. The van der Waals surface area contributed by atoms with Gasteiger partial charge in [0, 0.05) is 6.07 Å². The van der Waals surface area contributed by atoms with E-state index in [0.717, 1.165) is 0 Å².